The number of rotatable bonds is 6. The highest BCUT2D eigenvalue weighted by Gasteiger charge is 2.29. The first-order valence-electron chi connectivity index (χ1n) is 8.86. The molecule has 0 saturated carbocycles. The largest absolute Gasteiger partial charge is 0.459 e. The van der Waals surface area contributed by atoms with Gasteiger partial charge in [0.1, 0.15) is 18.1 Å². The van der Waals surface area contributed by atoms with E-state index in [4.69, 9.17) is 9.26 Å². The first-order chi connectivity index (χ1) is 14.0. The summed E-state index contributed by atoms with van der Waals surface area (Å²) >= 11 is 0. The van der Waals surface area contributed by atoms with Crippen molar-refractivity contribution in [3.8, 4) is 11.3 Å². The second-order valence-corrected chi connectivity index (χ2v) is 7.94. The summed E-state index contributed by atoms with van der Waals surface area (Å²) in [6.07, 6.45) is 0.0107. The lowest BCUT2D eigenvalue weighted by atomic mass is 10.2. The zero-order valence-corrected chi connectivity index (χ0v) is 16.1. The molecule has 3 aromatic rings. The Kier molecular flexibility index (Phi) is 5.13. The van der Waals surface area contributed by atoms with E-state index < -0.39 is 16.0 Å². The molecule has 9 heteroatoms. The molecule has 1 N–H and O–H groups in total. The van der Waals surface area contributed by atoms with E-state index in [2.05, 4.69) is 14.9 Å². The van der Waals surface area contributed by atoms with E-state index in [0.717, 1.165) is 5.56 Å². The van der Waals surface area contributed by atoms with Gasteiger partial charge in [0.25, 0.3) is 10.0 Å². The Hall–Kier alpha value is -3.46. The van der Waals surface area contributed by atoms with Crippen molar-refractivity contribution in [2.24, 2.45) is 4.99 Å². The summed E-state index contributed by atoms with van der Waals surface area (Å²) in [5, 5.41) is 3.89. The summed E-state index contributed by atoms with van der Waals surface area (Å²) < 4.78 is 36.9. The number of carbonyl (C=O) groups excluding carboxylic acids is 1. The van der Waals surface area contributed by atoms with Crippen molar-refractivity contribution in [3.63, 3.8) is 0 Å². The Labute approximate surface area is 167 Å². The van der Waals surface area contributed by atoms with Gasteiger partial charge >= 0.3 is 5.97 Å². The zero-order chi connectivity index (χ0) is 20.3. The Morgan fingerprint density at radius 3 is 2.69 bits per heavy atom. The number of nitrogens with one attached hydrogen (secondary N) is 1. The molecule has 0 atom stereocenters. The molecule has 29 heavy (non-hydrogen) atoms. The third-order valence-corrected chi connectivity index (χ3v) is 5.64. The van der Waals surface area contributed by atoms with Crippen molar-refractivity contribution in [3.05, 3.63) is 71.9 Å². The molecule has 0 fully saturated rings. The van der Waals surface area contributed by atoms with E-state index in [1.54, 1.807) is 24.3 Å². The van der Waals surface area contributed by atoms with Crippen LogP contribution in [0.2, 0.25) is 0 Å². The van der Waals surface area contributed by atoms with Gasteiger partial charge in [0.05, 0.1) is 17.9 Å². The van der Waals surface area contributed by atoms with Gasteiger partial charge in [-0.3, -0.25) is 14.5 Å². The molecule has 1 aliphatic heterocycles. The van der Waals surface area contributed by atoms with Crippen molar-refractivity contribution in [1.82, 2.24) is 9.88 Å². The van der Waals surface area contributed by atoms with Gasteiger partial charge in [-0.25, -0.2) is 8.42 Å². The van der Waals surface area contributed by atoms with E-state index in [9.17, 15) is 13.2 Å². The number of ether oxygens (including phenoxy) is 1. The predicted molar refractivity (Wildman–Crippen MR) is 105 cm³/mol. The third-order valence-electron chi connectivity index (χ3n) is 4.25. The van der Waals surface area contributed by atoms with Crippen LogP contribution in [-0.2, 0) is 26.2 Å². The first kappa shape index (κ1) is 18.9. The number of carbonyl (C=O) groups is 1. The topological polar surface area (TPSA) is 111 Å². The molecular weight excluding hydrogens is 394 g/mol. The van der Waals surface area contributed by atoms with Gasteiger partial charge in [-0.1, -0.05) is 47.6 Å². The first-order valence-corrected chi connectivity index (χ1v) is 10.3. The van der Waals surface area contributed by atoms with Crippen molar-refractivity contribution in [2.75, 3.05) is 6.54 Å². The molecule has 2 heterocycles. The molecule has 0 aliphatic carbocycles. The summed E-state index contributed by atoms with van der Waals surface area (Å²) in [7, 11) is -3.59. The highest BCUT2D eigenvalue weighted by atomic mass is 32.2. The van der Waals surface area contributed by atoms with Gasteiger partial charge in [0, 0.05) is 17.2 Å². The second kappa shape index (κ2) is 7.88. The van der Waals surface area contributed by atoms with Gasteiger partial charge in [-0.15, -0.1) is 0 Å². The number of nitrogens with zero attached hydrogens (tertiary/aromatic N) is 2. The number of sulfonamides is 1. The number of amidine groups is 1. The van der Waals surface area contributed by atoms with Gasteiger partial charge in [0.2, 0.25) is 0 Å². The van der Waals surface area contributed by atoms with Crippen LogP contribution in [0.15, 0.2) is 75.1 Å². The number of aliphatic imine (C=N–C) groups is 1. The molecule has 2 aromatic carbocycles. The normalized spacial score (nSPS) is 15.7. The van der Waals surface area contributed by atoms with Crippen LogP contribution in [-0.4, -0.2) is 31.9 Å². The standard InChI is InChI=1S/C20H17N3O5S/c24-19(27-13-15-12-17(28-22-15)14-6-2-1-3-7-14)10-11-21-20-16-8-4-5-9-18(16)29(25,26)23-20/h1-9,12H,10-11,13H2,(H,21,23). The molecule has 0 saturated heterocycles. The number of hydrogen-bond donors (Lipinski definition) is 1. The average Bonchev–Trinajstić information content (AvgIpc) is 3.30. The van der Waals surface area contributed by atoms with Crippen LogP contribution >= 0.6 is 0 Å². The lowest BCUT2D eigenvalue weighted by molar-refractivity contribution is -0.144. The maximum Gasteiger partial charge on any atom is 0.308 e. The van der Waals surface area contributed by atoms with E-state index >= 15 is 0 Å². The predicted octanol–water partition coefficient (Wildman–Crippen LogP) is 2.51. The molecule has 1 aliphatic rings. The van der Waals surface area contributed by atoms with E-state index in [1.165, 1.54) is 6.07 Å². The van der Waals surface area contributed by atoms with Crippen molar-refractivity contribution in [2.45, 2.75) is 17.9 Å². The summed E-state index contributed by atoms with van der Waals surface area (Å²) in [6.45, 7) is 0.0836. The highest BCUT2D eigenvalue weighted by Crippen LogP contribution is 2.22. The summed E-state index contributed by atoms with van der Waals surface area (Å²) in [4.78, 5) is 16.3. The maximum absolute atomic E-state index is 12.0. The van der Waals surface area contributed by atoms with Gasteiger partial charge in [0.15, 0.2) is 5.76 Å². The molecule has 0 amide bonds. The van der Waals surface area contributed by atoms with Crippen molar-refractivity contribution < 1.29 is 22.5 Å². The Balaban J connectivity index is 1.30. The fraction of sp³-hybridized carbons (Fsp3) is 0.150. The highest BCUT2D eigenvalue weighted by molar-refractivity contribution is 7.90. The fourth-order valence-electron chi connectivity index (χ4n) is 2.86. The van der Waals surface area contributed by atoms with Crippen LogP contribution in [0.1, 0.15) is 17.7 Å². The molecule has 0 spiro atoms. The second-order valence-electron chi connectivity index (χ2n) is 6.29. The molecule has 4 rings (SSSR count). The smallest absolute Gasteiger partial charge is 0.308 e. The molecule has 148 valence electrons. The monoisotopic (exact) mass is 411 g/mol. The number of hydrogen-bond acceptors (Lipinski definition) is 7. The van der Waals surface area contributed by atoms with Gasteiger partial charge < -0.3 is 9.26 Å². The lowest BCUT2D eigenvalue weighted by Crippen LogP contribution is -2.22. The van der Waals surface area contributed by atoms with E-state index in [-0.39, 0.29) is 30.3 Å². The van der Waals surface area contributed by atoms with E-state index in [1.807, 2.05) is 30.3 Å². The average molecular weight is 411 g/mol. The van der Waals surface area contributed by atoms with Crippen LogP contribution < -0.4 is 4.72 Å². The number of benzene rings is 2. The number of fused-ring (bicyclic) bond motifs is 1. The Morgan fingerprint density at radius 2 is 1.86 bits per heavy atom. The SMILES string of the molecule is O=C(CCN=C1NS(=O)(=O)c2ccccc21)OCc1cc(-c2ccccc2)on1. The molecular formula is C20H17N3O5S. The minimum absolute atomic E-state index is 0.0107. The van der Waals surface area contributed by atoms with Gasteiger partial charge in [-0.05, 0) is 12.1 Å². The van der Waals surface area contributed by atoms with Crippen LogP contribution in [0.4, 0.5) is 0 Å². The summed E-state index contributed by atoms with van der Waals surface area (Å²) in [6, 6.07) is 17.7. The van der Waals surface area contributed by atoms with Crippen LogP contribution in [0.25, 0.3) is 11.3 Å². The van der Waals surface area contributed by atoms with E-state index in [0.29, 0.717) is 17.0 Å². The number of esters is 1. The quantitative estimate of drug-likeness (QED) is 0.624. The number of aromatic nitrogens is 1. The Bertz CT molecular complexity index is 1170. The molecule has 8 nitrogen and oxygen atoms in total. The molecule has 0 unspecified atom stereocenters. The van der Waals surface area contributed by atoms with Crippen LogP contribution in [0.5, 0.6) is 0 Å². The van der Waals surface area contributed by atoms with Crippen molar-refractivity contribution in [1.29, 1.82) is 0 Å². The molecule has 0 bridgehead atoms. The zero-order valence-electron chi connectivity index (χ0n) is 15.2. The fourth-order valence-corrected chi connectivity index (χ4v) is 4.11. The lowest BCUT2D eigenvalue weighted by Gasteiger charge is -2.01. The maximum atomic E-state index is 12.0. The molecule has 0 radical (unpaired) electrons. The molecule has 1 aromatic heterocycles. The van der Waals surface area contributed by atoms with Crippen LogP contribution in [0, 0.1) is 0 Å². The third kappa shape index (κ3) is 4.19. The van der Waals surface area contributed by atoms with Crippen molar-refractivity contribution >= 4 is 21.8 Å². The summed E-state index contributed by atoms with van der Waals surface area (Å²) in [5.74, 6) is 0.361. The Morgan fingerprint density at radius 1 is 1.10 bits per heavy atom. The van der Waals surface area contributed by atoms with Gasteiger partial charge in [-0.2, -0.15) is 0 Å². The summed E-state index contributed by atoms with van der Waals surface area (Å²) in [5.41, 5.74) is 1.88. The van der Waals surface area contributed by atoms with Crippen LogP contribution in [0.3, 0.4) is 0 Å². The minimum atomic E-state index is -3.59. The minimum Gasteiger partial charge on any atom is -0.459 e.